The highest BCUT2D eigenvalue weighted by molar-refractivity contribution is 9.10. The van der Waals surface area contributed by atoms with Crippen LogP contribution in [-0.4, -0.2) is 54.9 Å². The Kier molecular flexibility index (Phi) is 5.75. The molecule has 0 spiro atoms. The molecular weight excluding hydrogens is 336 g/mol. The normalized spacial score (nSPS) is 17.7. The van der Waals surface area contributed by atoms with Gasteiger partial charge in [-0.15, -0.1) is 0 Å². The van der Waals surface area contributed by atoms with Gasteiger partial charge in [-0.3, -0.25) is 9.69 Å². The number of nitrogens with one attached hydrogen (secondary N) is 1. The minimum atomic E-state index is -0.745. The molecule has 1 amide bonds. The van der Waals surface area contributed by atoms with Crippen molar-refractivity contribution in [1.82, 2.24) is 4.90 Å². The van der Waals surface area contributed by atoms with Crippen molar-refractivity contribution in [3.8, 4) is 0 Å². The van der Waals surface area contributed by atoms with Crippen LogP contribution in [0, 0.1) is 0 Å². The van der Waals surface area contributed by atoms with Gasteiger partial charge >= 0.3 is 0 Å². The minimum absolute atomic E-state index is 0.0875. The zero-order chi connectivity index (χ0) is 15.3. The Morgan fingerprint density at radius 1 is 1.38 bits per heavy atom. The summed E-state index contributed by atoms with van der Waals surface area (Å²) >= 11 is 3.35. The van der Waals surface area contributed by atoms with Crippen LogP contribution in [0.3, 0.4) is 0 Å². The summed E-state index contributed by atoms with van der Waals surface area (Å²) < 4.78 is 6.23. The Morgan fingerprint density at radius 3 is 2.62 bits per heavy atom. The van der Waals surface area contributed by atoms with Gasteiger partial charge in [0.25, 0.3) is 0 Å². The van der Waals surface area contributed by atoms with Crippen LogP contribution >= 0.6 is 15.9 Å². The van der Waals surface area contributed by atoms with Gasteiger partial charge in [-0.05, 0) is 31.3 Å². The molecular formula is C15H21BrN2O3. The first kappa shape index (κ1) is 16.4. The van der Waals surface area contributed by atoms with Crippen molar-refractivity contribution in [2.45, 2.75) is 18.4 Å². The van der Waals surface area contributed by atoms with E-state index in [1.165, 1.54) is 0 Å². The van der Waals surface area contributed by atoms with E-state index in [0.717, 1.165) is 10.2 Å². The summed E-state index contributed by atoms with van der Waals surface area (Å²) in [6.07, 6.45) is 1.23. The summed E-state index contributed by atoms with van der Waals surface area (Å²) in [7, 11) is 1.84. The summed E-state index contributed by atoms with van der Waals surface area (Å²) in [6, 6.07) is 7.44. The van der Waals surface area contributed by atoms with Crippen LogP contribution in [-0.2, 0) is 9.53 Å². The van der Waals surface area contributed by atoms with Gasteiger partial charge in [0.2, 0.25) is 5.91 Å². The third-order valence-corrected chi connectivity index (χ3v) is 4.06. The predicted molar refractivity (Wildman–Crippen MR) is 85.3 cm³/mol. The summed E-state index contributed by atoms with van der Waals surface area (Å²) in [5, 5.41) is 13.3. The largest absolute Gasteiger partial charge is 0.388 e. The molecule has 21 heavy (non-hydrogen) atoms. The molecule has 1 aliphatic heterocycles. The number of hydrogen-bond donors (Lipinski definition) is 2. The maximum absolute atomic E-state index is 12.0. The first-order valence-corrected chi connectivity index (χ1v) is 7.80. The number of aliphatic hydroxyl groups is 1. The number of amides is 1. The predicted octanol–water partition coefficient (Wildman–Crippen LogP) is 1.86. The van der Waals surface area contributed by atoms with Crippen LogP contribution < -0.4 is 5.32 Å². The molecule has 0 bridgehead atoms. The average molecular weight is 357 g/mol. The number of likely N-dealkylation sites (N-methyl/N-ethyl adjacent to an activating group) is 1. The number of rotatable bonds is 5. The van der Waals surface area contributed by atoms with Crippen molar-refractivity contribution in [2.24, 2.45) is 0 Å². The second-order valence-electron chi connectivity index (χ2n) is 5.56. The SMILES string of the molecule is CN(CC(=O)Nc1ccc(Br)cc1)CC1(O)CCOCC1. The molecule has 1 aromatic carbocycles. The molecule has 0 saturated carbocycles. The highest BCUT2D eigenvalue weighted by Crippen LogP contribution is 2.21. The molecule has 1 fully saturated rings. The van der Waals surface area contributed by atoms with E-state index >= 15 is 0 Å². The summed E-state index contributed by atoms with van der Waals surface area (Å²) in [6.45, 7) is 1.88. The van der Waals surface area contributed by atoms with Gasteiger partial charge < -0.3 is 15.2 Å². The number of anilines is 1. The van der Waals surface area contributed by atoms with E-state index in [4.69, 9.17) is 4.74 Å². The van der Waals surface area contributed by atoms with Crippen LogP contribution in [0.4, 0.5) is 5.69 Å². The molecule has 6 heteroatoms. The van der Waals surface area contributed by atoms with E-state index in [1.807, 2.05) is 36.2 Å². The fourth-order valence-corrected chi connectivity index (χ4v) is 2.71. The van der Waals surface area contributed by atoms with Gasteiger partial charge in [-0.25, -0.2) is 0 Å². The first-order chi connectivity index (χ1) is 9.97. The number of carbonyl (C=O) groups is 1. The fourth-order valence-electron chi connectivity index (χ4n) is 2.45. The Balaban J connectivity index is 1.80. The van der Waals surface area contributed by atoms with Crippen LogP contribution in [0.15, 0.2) is 28.7 Å². The average Bonchev–Trinajstić information content (AvgIpc) is 2.41. The second kappa shape index (κ2) is 7.35. The van der Waals surface area contributed by atoms with E-state index in [-0.39, 0.29) is 12.5 Å². The van der Waals surface area contributed by atoms with Gasteiger partial charge in [0.05, 0.1) is 12.1 Å². The van der Waals surface area contributed by atoms with Crippen molar-refractivity contribution < 1.29 is 14.6 Å². The molecule has 116 valence electrons. The van der Waals surface area contributed by atoms with Gasteiger partial charge in [-0.2, -0.15) is 0 Å². The molecule has 0 atom stereocenters. The molecule has 1 saturated heterocycles. The lowest BCUT2D eigenvalue weighted by atomic mass is 9.94. The quantitative estimate of drug-likeness (QED) is 0.845. The summed E-state index contributed by atoms with van der Waals surface area (Å²) in [4.78, 5) is 13.8. The topological polar surface area (TPSA) is 61.8 Å². The maximum atomic E-state index is 12.0. The van der Waals surface area contributed by atoms with Crippen LogP contribution in [0.2, 0.25) is 0 Å². The van der Waals surface area contributed by atoms with Crippen LogP contribution in [0.1, 0.15) is 12.8 Å². The van der Waals surface area contributed by atoms with E-state index < -0.39 is 5.60 Å². The highest BCUT2D eigenvalue weighted by Gasteiger charge is 2.31. The van der Waals surface area contributed by atoms with Crippen molar-refractivity contribution in [3.05, 3.63) is 28.7 Å². The van der Waals surface area contributed by atoms with Gasteiger partial charge in [0, 0.05) is 42.8 Å². The fraction of sp³-hybridized carbons (Fsp3) is 0.533. The first-order valence-electron chi connectivity index (χ1n) is 7.01. The van der Waals surface area contributed by atoms with E-state index in [2.05, 4.69) is 21.2 Å². The molecule has 0 unspecified atom stereocenters. The van der Waals surface area contributed by atoms with Gasteiger partial charge in [0.1, 0.15) is 0 Å². The number of nitrogens with zero attached hydrogens (tertiary/aromatic N) is 1. The summed E-state index contributed by atoms with van der Waals surface area (Å²) in [5.74, 6) is -0.0875. The number of benzene rings is 1. The smallest absolute Gasteiger partial charge is 0.238 e. The van der Waals surface area contributed by atoms with Crippen LogP contribution in [0.5, 0.6) is 0 Å². The number of halogens is 1. The Bertz CT molecular complexity index is 472. The molecule has 5 nitrogen and oxygen atoms in total. The number of ether oxygens (including phenoxy) is 1. The third kappa shape index (κ3) is 5.39. The van der Waals surface area contributed by atoms with Gasteiger partial charge in [0.15, 0.2) is 0 Å². The molecule has 0 aromatic heterocycles. The second-order valence-corrected chi connectivity index (χ2v) is 6.48. The lowest BCUT2D eigenvalue weighted by Crippen LogP contribution is -2.47. The monoisotopic (exact) mass is 356 g/mol. The number of hydrogen-bond acceptors (Lipinski definition) is 4. The zero-order valence-electron chi connectivity index (χ0n) is 12.1. The minimum Gasteiger partial charge on any atom is -0.388 e. The molecule has 0 radical (unpaired) electrons. The summed E-state index contributed by atoms with van der Waals surface area (Å²) in [5.41, 5.74) is 0.0200. The van der Waals surface area contributed by atoms with Crippen molar-refractivity contribution in [1.29, 1.82) is 0 Å². The molecule has 0 aliphatic carbocycles. The van der Waals surface area contributed by atoms with Gasteiger partial charge in [-0.1, -0.05) is 15.9 Å². The molecule has 2 rings (SSSR count). The Morgan fingerprint density at radius 2 is 2.00 bits per heavy atom. The standard InChI is InChI=1S/C15H21BrN2O3/c1-18(11-15(20)6-8-21-9-7-15)10-14(19)17-13-4-2-12(16)3-5-13/h2-5,20H,6-11H2,1H3,(H,17,19). The lowest BCUT2D eigenvalue weighted by Gasteiger charge is -2.35. The molecule has 2 N–H and O–H groups in total. The van der Waals surface area contributed by atoms with E-state index in [9.17, 15) is 9.90 Å². The van der Waals surface area contributed by atoms with E-state index in [1.54, 1.807) is 0 Å². The molecule has 1 aromatic rings. The maximum Gasteiger partial charge on any atom is 0.238 e. The lowest BCUT2D eigenvalue weighted by molar-refractivity contribution is -0.118. The van der Waals surface area contributed by atoms with Crippen molar-refractivity contribution >= 4 is 27.5 Å². The highest BCUT2D eigenvalue weighted by atomic mass is 79.9. The Hall–Kier alpha value is -0.950. The number of carbonyl (C=O) groups excluding carboxylic acids is 1. The Labute approximate surface area is 133 Å². The van der Waals surface area contributed by atoms with Crippen molar-refractivity contribution in [2.75, 3.05) is 38.7 Å². The zero-order valence-corrected chi connectivity index (χ0v) is 13.7. The van der Waals surface area contributed by atoms with E-state index in [0.29, 0.717) is 32.6 Å². The molecule has 1 aliphatic rings. The van der Waals surface area contributed by atoms with Crippen molar-refractivity contribution in [3.63, 3.8) is 0 Å². The third-order valence-electron chi connectivity index (χ3n) is 3.53. The molecule has 1 heterocycles. The van der Waals surface area contributed by atoms with Crippen LogP contribution in [0.25, 0.3) is 0 Å².